The molecule has 0 fully saturated rings. The van der Waals surface area contributed by atoms with Gasteiger partial charge in [0.2, 0.25) is 5.78 Å². The summed E-state index contributed by atoms with van der Waals surface area (Å²) >= 11 is 0. The van der Waals surface area contributed by atoms with Gasteiger partial charge in [-0.2, -0.15) is 0 Å². The molecule has 6 rings (SSSR count). The summed E-state index contributed by atoms with van der Waals surface area (Å²) in [7, 11) is 0. The summed E-state index contributed by atoms with van der Waals surface area (Å²) in [4.78, 5) is 26.0. The van der Waals surface area contributed by atoms with E-state index < -0.39 is 5.79 Å². The average molecular weight is 378 g/mol. The van der Waals surface area contributed by atoms with Crippen molar-refractivity contribution in [2.75, 3.05) is 0 Å². The Labute approximate surface area is 163 Å². The molecule has 0 saturated heterocycles. The summed E-state index contributed by atoms with van der Waals surface area (Å²) in [6.45, 7) is 2.02. The van der Waals surface area contributed by atoms with E-state index in [4.69, 9.17) is 14.2 Å². The van der Waals surface area contributed by atoms with Crippen LogP contribution in [0.3, 0.4) is 0 Å². The fraction of sp³-hybridized carbons (Fsp3) is 0.478. The van der Waals surface area contributed by atoms with Gasteiger partial charge in [0.15, 0.2) is 17.3 Å². The standard InChI is InChI=1S/C23H22O5/c1-12-11-17-20(26-12)15-5-2-3-6-16(15)22(25)23(17)27-19-10-9-13-14(21(19)28-23)7-4-8-18(13)24/h9-10,12H,2-8,11H2,1H3/t12-,23-/m0/s1. The number of Topliss-reactive ketones (excluding diaryl/α,β-unsaturated/α-hetero) is 2. The second kappa shape index (κ2) is 5.49. The van der Waals surface area contributed by atoms with Crippen molar-refractivity contribution in [2.24, 2.45) is 0 Å². The van der Waals surface area contributed by atoms with Crippen LogP contribution in [0.5, 0.6) is 11.5 Å². The maximum atomic E-state index is 13.7. The first-order valence-corrected chi connectivity index (χ1v) is 10.3. The molecule has 3 aliphatic carbocycles. The van der Waals surface area contributed by atoms with Crippen LogP contribution in [0.15, 0.2) is 34.6 Å². The Balaban J connectivity index is 1.51. The van der Waals surface area contributed by atoms with Crippen LogP contribution in [0.2, 0.25) is 0 Å². The molecule has 1 aromatic carbocycles. The van der Waals surface area contributed by atoms with Crippen molar-refractivity contribution in [3.8, 4) is 11.5 Å². The molecule has 1 spiro atoms. The molecule has 5 aliphatic rings. The molecule has 5 nitrogen and oxygen atoms in total. The lowest BCUT2D eigenvalue weighted by atomic mass is 9.77. The van der Waals surface area contributed by atoms with Gasteiger partial charge < -0.3 is 14.2 Å². The molecule has 2 aliphatic heterocycles. The molecule has 0 radical (unpaired) electrons. The fourth-order valence-electron chi connectivity index (χ4n) is 5.38. The van der Waals surface area contributed by atoms with Gasteiger partial charge in [-0.25, -0.2) is 0 Å². The summed E-state index contributed by atoms with van der Waals surface area (Å²) in [6.07, 6.45) is 6.43. The summed E-state index contributed by atoms with van der Waals surface area (Å²) in [6, 6.07) is 3.60. The molecule has 2 atom stereocenters. The van der Waals surface area contributed by atoms with Crippen molar-refractivity contribution in [1.29, 1.82) is 0 Å². The van der Waals surface area contributed by atoms with Crippen molar-refractivity contribution in [3.63, 3.8) is 0 Å². The molecule has 2 heterocycles. The van der Waals surface area contributed by atoms with Gasteiger partial charge in [0.1, 0.15) is 11.9 Å². The zero-order chi connectivity index (χ0) is 19.0. The normalized spacial score (nSPS) is 30.4. The van der Waals surface area contributed by atoms with Crippen LogP contribution in [0.1, 0.15) is 67.8 Å². The minimum atomic E-state index is -1.45. The van der Waals surface area contributed by atoms with E-state index in [1.165, 1.54) is 0 Å². The summed E-state index contributed by atoms with van der Waals surface area (Å²) in [5.74, 6) is 0.566. The number of benzene rings is 1. The van der Waals surface area contributed by atoms with Gasteiger partial charge in [0, 0.05) is 35.1 Å². The van der Waals surface area contributed by atoms with Crippen molar-refractivity contribution in [3.05, 3.63) is 45.7 Å². The lowest BCUT2D eigenvalue weighted by molar-refractivity contribution is -0.144. The van der Waals surface area contributed by atoms with Gasteiger partial charge in [-0.3, -0.25) is 9.59 Å². The molecule has 1 aromatic rings. The van der Waals surface area contributed by atoms with E-state index in [0.29, 0.717) is 29.9 Å². The minimum Gasteiger partial charge on any atom is -0.490 e. The number of fused-ring (bicyclic) bond motifs is 5. The third-order valence-corrected chi connectivity index (χ3v) is 6.65. The third-order valence-electron chi connectivity index (χ3n) is 6.65. The Hall–Kier alpha value is -2.56. The van der Waals surface area contributed by atoms with Crippen LogP contribution >= 0.6 is 0 Å². The number of hydrogen-bond donors (Lipinski definition) is 0. The maximum absolute atomic E-state index is 13.7. The second-order valence-corrected chi connectivity index (χ2v) is 8.45. The number of carbonyl (C=O) groups excluding carboxylic acids is 2. The molecule has 5 heteroatoms. The fourth-order valence-corrected chi connectivity index (χ4v) is 5.38. The Kier molecular flexibility index (Phi) is 3.22. The molecule has 0 N–H and O–H groups in total. The van der Waals surface area contributed by atoms with Crippen LogP contribution in [-0.4, -0.2) is 23.5 Å². The monoisotopic (exact) mass is 378 g/mol. The predicted octanol–water partition coefficient (Wildman–Crippen LogP) is 4.19. The molecule has 0 bridgehead atoms. The number of carbonyl (C=O) groups is 2. The van der Waals surface area contributed by atoms with Crippen molar-refractivity contribution in [1.82, 2.24) is 0 Å². The molecular weight excluding hydrogens is 356 g/mol. The Morgan fingerprint density at radius 1 is 0.964 bits per heavy atom. The van der Waals surface area contributed by atoms with Gasteiger partial charge in [-0.05, 0) is 57.6 Å². The topological polar surface area (TPSA) is 61.8 Å². The first-order chi connectivity index (χ1) is 13.6. The summed E-state index contributed by atoms with van der Waals surface area (Å²) in [5.41, 5.74) is 4.27. The van der Waals surface area contributed by atoms with E-state index in [0.717, 1.165) is 66.6 Å². The van der Waals surface area contributed by atoms with Gasteiger partial charge in [-0.15, -0.1) is 0 Å². The van der Waals surface area contributed by atoms with Gasteiger partial charge in [0.25, 0.3) is 0 Å². The SMILES string of the molecule is C[C@H]1CC2=C(O1)C1=C(CCCC1)C(=O)[C@]21Oc2ccc3c(c2O1)CCCC3=O. The number of ketones is 2. The summed E-state index contributed by atoms with van der Waals surface area (Å²) in [5, 5.41) is 0. The molecule has 0 unspecified atom stereocenters. The molecule has 0 amide bonds. The van der Waals surface area contributed by atoms with E-state index in [1.807, 2.05) is 13.0 Å². The highest BCUT2D eigenvalue weighted by Crippen LogP contribution is 2.55. The highest BCUT2D eigenvalue weighted by molar-refractivity contribution is 6.07. The Morgan fingerprint density at radius 3 is 2.64 bits per heavy atom. The number of hydrogen-bond acceptors (Lipinski definition) is 5. The Bertz CT molecular complexity index is 1010. The molecular formula is C23H22O5. The average Bonchev–Trinajstić information content (AvgIpc) is 3.29. The highest BCUT2D eigenvalue weighted by Gasteiger charge is 2.60. The zero-order valence-electron chi connectivity index (χ0n) is 15.9. The largest absolute Gasteiger partial charge is 0.490 e. The minimum absolute atomic E-state index is 0.00476. The number of rotatable bonds is 0. The van der Waals surface area contributed by atoms with Crippen molar-refractivity contribution in [2.45, 2.75) is 70.2 Å². The van der Waals surface area contributed by atoms with Crippen LogP contribution in [0, 0.1) is 0 Å². The third kappa shape index (κ3) is 1.97. The van der Waals surface area contributed by atoms with Crippen molar-refractivity contribution < 1.29 is 23.8 Å². The molecule has 0 aromatic heterocycles. The lowest BCUT2D eigenvalue weighted by Crippen LogP contribution is -2.52. The highest BCUT2D eigenvalue weighted by atomic mass is 16.7. The molecule has 28 heavy (non-hydrogen) atoms. The van der Waals surface area contributed by atoms with Gasteiger partial charge >= 0.3 is 5.79 Å². The lowest BCUT2D eigenvalue weighted by Gasteiger charge is -2.35. The quantitative estimate of drug-likeness (QED) is 0.677. The van der Waals surface area contributed by atoms with E-state index in [9.17, 15) is 9.59 Å². The van der Waals surface area contributed by atoms with E-state index in [-0.39, 0.29) is 17.7 Å². The predicted molar refractivity (Wildman–Crippen MR) is 100 cm³/mol. The van der Waals surface area contributed by atoms with Crippen LogP contribution in [0.4, 0.5) is 0 Å². The maximum Gasteiger partial charge on any atom is 0.344 e. The molecule has 0 saturated carbocycles. The first kappa shape index (κ1) is 16.4. The first-order valence-electron chi connectivity index (χ1n) is 10.3. The Morgan fingerprint density at radius 2 is 1.79 bits per heavy atom. The van der Waals surface area contributed by atoms with Crippen molar-refractivity contribution >= 4 is 11.6 Å². The van der Waals surface area contributed by atoms with E-state index in [1.54, 1.807) is 6.07 Å². The van der Waals surface area contributed by atoms with Crippen LogP contribution in [-0.2, 0) is 16.0 Å². The van der Waals surface area contributed by atoms with E-state index >= 15 is 0 Å². The smallest absolute Gasteiger partial charge is 0.344 e. The zero-order valence-corrected chi connectivity index (χ0v) is 15.9. The number of allylic oxidation sites excluding steroid dienone is 1. The molecule has 144 valence electrons. The van der Waals surface area contributed by atoms with Gasteiger partial charge in [0.05, 0.1) is 5.57 Å². The van der Waals surface area contributed by atoms with E-state index in [2.05, 4.69) is 0 Å². The summed E-state index contributed by atoms with van der Waals surface area (Å²) < 4.78 is 18.9. The number of ether oxygens (including phenoxy) is 3. The second-order valence-electron chi connectivity index (χ2n) is 8.45. The van der Waals surface area contributed by atoms with Crippen LogP contribution in [0.25, 0.3) is 0 Å². The van der Waals surface area contributed by atoms with Crippen LogP contribution < -0.4 is 9.47 Å². The van der Waals surface area contributed by atoms with Gasteiger partial charge in [-0.1, -0.05) is 0 Å².